The molecule has 10 heteroatoms. The first kappa shape index (κ1) is 24.5. The molecule has 0 fully saturated rings. The predicted molar refractivity (Wildman–Crippen MR) is 130 cm³/mol. The number of nitrogens with one attached hydrogen (secondary N) is 2. The molecular weight excluding hydrogens is 465 g/mol. The normalized spacial score (nSPS) is 10.5. The van der Waals surface area contributed by atoms with Crippen LogP contribution >= 0.6 is 23.1 Å². The van der Waals surface area contributed by atoms with Gasteiger partial charge in [0, 0.05) is 22.4 Å². The van der Waals surface area contributed by atoms with Crippen molar-refractivity contribution >= 4 is 45.7 Å². The molecule has 2 amide bonds. The van der Waals surface area contributed by atoms with Crippen LogP contribution in [0.15, 0.2) is 47.8 Å². The maximum absolute atomic E-state index is 12.9. The standard InChI is InChI=1S/C23H24FN3O4S2/c1-3-30-19-10-5-15(11-20(19)31-4-2)22(29)27-23-26-18(13-33-23)12-32-14-21(28)25-17-8-6-16(24)7-9-17/h5-11,13H,3-4,12,14H2,1-2H3,(H,25,28)(H,26,27,29). The summed E-state index contributed by atoms with van der Waals surface area (Å²) in [6, 6.07) is 10.6. The number of ether oxygens (including phenoxy) is 2. The van der Waals surface area contributed by atoms with Crippen molar-refractivity contribution in [2.75, 3.05) is 29.6 Å². The van der Waals surface area contributed by atoms with E-state index in [9.17, 15) is 14.0 Å². The number of nitrogens with zero attached hydrogens (tertiary/aromatic N) is 1. The van der Waals surface area contributed by atoms with Crippen LogP contribution in [0.3, 0.4) is 0 Å². The Morgan fingerprint density at radius 3 is 2.48 bits per heavy atom. The second-order valence-electron chi connectivity index (χ2n) is 6.67. The number of hydrogen-bond donors (Lipinski definition) is 2. The number of amides is 2. The summed E-state index contributed by atoms with van der Waals surface area (Å²) in [5, 5.41) is 7.81. The van der Waals surface area contributed by atoms with Gasteiger partial charge in [0.1, 0.15) is 5.82 Å². The van der Waals surface area contributed by atoms with E-state index in [0.29, 0.717) is 46.8 Å². The average molecular weight is 490 g/mol. The van der Waals surface area contributed by atoms with Crippen molar-refractivity contribution in [3.05, 3.63) is 64.9 Å². The fourth-order valence-electron chi connectivity index (χ4n) is 2.77. The second-order valence-corrected chi connectivity index (χ2v) is 8.52. The van der Waals surface area contributed by atoms with Gasteiger partial charge in [0.2, 0.25) is 5.91 Å². The Hall–Kier alpha value is -3.11. The lowest BCUT2D eigenvalue weighted by Crippen LogP contribution is -2.14. The zero-order chi connectivity index (χ0) is 23.6. The van der Waals surface area contributed by atoms with Crippen molar-refractivity contribution < 1.29 is 23.5 Å². The number of anilines is 2. The molecule has 174 valence electrons. The molecule has 0 aliphatic carbocycles. The molecule has 2 aromatic carbocycles. The summed E-state index contributed by atoms with van der Waals surface area (Å²) in [5.41, 5.74) is 1.74. The van der Waals surface area contributed by atoms with E-state index in [2.05, 4.69) is 15.6 Å². The van der Waals surface area contributed by atoms with Crippen LogP contribution in [0.2, 0.25) is 0 Å². The van der Waals surface area contributed by atoms with E-state index >= 15 is 0 Å². The summed E-state index contributed by atoms with van der Waals surface area (Å²) in [4.78, 5) is 29.0. The van der Waals surface area contributed by atoms with Crippen LogP contribution in [0.1, 0.15) is 29.9 Å². The quantitative estimate of drug-likeness (QED) is 0.385. The minimum Gasteiger partial charge on any atom is -0.490 e. The van der Waals surface area contributed by atoms with Gasteiger partial charge in [0.25, 0.3) is 5.91 Å². The number of benzene rings is 2. The van der Waals surface area contributed by atoms with Crippen molar-refractivity contribution in [3.63, 3.8) is 0 Å². The van der Waals surface area contributed by atoms with Crippen LogP contribution in [0.5, 0.6) is 11.5 Å². The summed E-state index contributed by atoms with van der Waals surface area (Å²) in [5.74, 6) is 1.01. The van der Waals surface area contributed by atoms with E-state index < -0.39 is 0 Å². The van der Waals surface area contributed by atoms with E-state index in [4.69, 9.17) is 9.47 Å². The highest BCUT2D eigenvalue weighted by molar-refractivity contribution is 7.99. The molecule has 0 atom stereocenters. The lowest BCUT2D eigenvalue weighted by molar-refractivity contribution is -0.113. The van der Waals surface area contributed by atoms with Crippen LogP contribution in [-0.4, -0.2) is 35.8 Å². The number of carbonyl (C=O) groups is 2. The van der Waals surface area contributed by atoms with Gasteiger partial charge in [-0.1, -0.05) is 0 Å². The minimum absolute atomic E-state index is 0.184. The summed E-state index contributed by atoms with van der Waals surface area (Å²) < 4.78 is 24.0. The molecule has 2 N–H and O–H groups in total. The SMILES string of the molecule is CCOc1ccc(C(=O)Nc2nc(CSCC(=O)Nc3ccc(F)cc3)cs2)cc1OCC. The maximum atomic E-state index is 12.9. The Kier molecular flexibility index (Phi) is 9.08. The Balaban J connectivity index is 1.49. The van der Waals surface area contributed by atoms with Gasteiger partial charge in [-0.25, -0.2) is 9.37 Å². The molecule has 0 radical (unpaired) electrons. The first-order chi connectivity index (χ1) is 16.0. The molecule has 3 rings (SSSR count). The van der Waals surface area contributed by atoms with Gasteiger partial charge in [0.05, 0.1) is 24.7 Å². The Labute approximate surface area is 199 Å². The third kappa shape index (κ3) is 7.47. The fourth-order valence-corrected chi connectivity index (χ4v) is 4.30. The zero-order valence-corrected chi connectivity index (χ0v) is 19.9. The molecule has 1 heterocycles. The summed E-state index contributed by atoms with van der Waals surface area (Å²) in [6.07, 6.45) is 0. The molecule has 1 aromatic heterocycles. The van der Waals surface area contributed by atoms with Gasteiger partial charge in [-0.3, -0.25) is 14.9 Å². The Bertz CT molecular complexity index is 1090. The molecule has 0 unspecified atom stereocenters. The molecule has 0 spiro atoms. The summed E-state index contributed by atoms with van der Waals surface area (Å²) >= 11 is 2.71. The van der Waals surface area contributed by atoms with Crippen molar-refractivity contribution in [2.24, 2.45) is 0 Å². The molecular formula is C23H24FN3O4S2. The molecule has 7 nitrogen and oxygen atoms in total. The molecule has 0 saturated carbocycles. The van der Waals surface area contributed by atoms with Crippen molar-refractivity contribution in [1.29, 1.82) is 0 Å². The van der Waals surface area contributed by atoms with E-state index in [1.165, 1.54) is 47.4 Å². The van der Waals surface area contributed by atoms with E-state index in [-0.39, 0.29) is 23.4 Å². The van der Waals surface area contributed by atoms with Crippen molar-refractivity contribution in [3.8, 4) is 11.5 Å². The molecule has 33 heavy (non-hydrogen) atoms. The summed E-state index contributed by atoms with van der Waals surface area (Å²) in [6.45, 7) is 4.71. The largest absolute Gasteiger partial charge is 0.490 e. The van der Waals surface area contributed by atoms with Gasteiger partial charge < -0.3 is 14.8 Å². The molecule has 3 aromatic rings. The monoisotopic (exact) mass is 489 g/mol. The maximum Gasteiger partial charge on any atom is 0.257 e. The van der Waals surface area contributed by atoms with E-state index in [0.717, 1.165) is 5.69 Å². The smallest absolute Gasteiger partial charge is 0.257 e. The van der Waals surface area contributed by atoms with Crippen LogP contribution in [-0.2, 0) is 10.5 Å². The highest BCUT2D eigenvalue weighted by Crippen LogP contribution is 2.29. The molecule has 0 aliphatic heterocycles. The lowest BCUT2D eigenvalue weighted by Gasteiger charge is -2.12. The highest BCUT2D eigenvalue weighted by atomic mass is 32.2. The first-order valence-electron chi connectivity index (χ1n) is 10.3. The second kappa shape index (κ2) is 12.2. The lowest BCUT2D eigenvalue weighted by atomic mass is 10.2. The minimum atomic E-state index is -0.356. The van der Waals surface area contributed by atoms with Gasteiger partial charge in [0.15, 0.2) is 16.6 Å². The van der Waals surface area contributed by atoms with Crippen LogP contribution < -0.4 is 20.1 Å². The number of thiazole rings is 1. The van der Waals surface area contributed by atoms with Crippen molar-refractivity contribution in [1.82, 2.24) is 4.98 Å². The van der Waals surface area contributed by atoms with Crippen LogP contribution in [0.25, 0.3) is 0 Å². The van der Waals surface area contributed by atoms with E-state index in [1.807, 2.05) is 19.2 Å². The van der Waals surface area contributed by atoms with Crippen molar-refractivity contribution in [2.45, 2.75) is 19.6 Å². The average Bonchev–Trinajstić information content (AvgIpc) is 3.24. The number of rotatable bonds is 11. The molecule has 0 aliphatic rings. The highest BCUT2D eigenvalue weighted by Gasteiger charge is 2.14. The third-order valence-corrected chi connectivity index (χ3v) is 5.96. The fraction of sp³-hybridized carbons (Fsp3) is 0.261. The molecule has 0 bridgehead atoms. The van der Waals surface area contributed by atoms with Gasteiger partial charge in [-0.05, 0) is 56.3 Å². The number of carbonyl (C=O) groups excluding carboxylic acids is 2. The number of halogens is 1. The zero-order valence-electron chi connectivity index (χ0n) is 18.2. The Morgan fingerprint density at radius 2 is 1.76 bits per heavy atom. The molecule has 0 saturated heterocycles. The van der Waals surface area contributed by atoms with Gasteiger partial charge in [-0.15, -0.1) is 23.1 Å². The van der Waals surface area contributed by atoms with E-state index in [1.54, 1.807) is 18.2 Å². The van der Waals surface area contributed by atoms with Gasteiger partial charge in [-0.2, -0.15) is 0 Å². The predicted octanol–water partition coefficient (Wildman–Crippen LogP) is 5.20. The van der Waals surface area contributed by atoms with Crippen LogP contribution in [0.4, 0.5) is 15.2 Å². The van der Waals surface area contributed by atoms with Gasteiger partial charge >= 0.3 is 0 Å². The number of thioether (sulfide) groups is 1. The Morgan fingerprint density at radius 1 is 1.03 bits per heavy atom. The first-order valence-corrected chi connectivity index (χ1v) is 12.3. The number of aromatic nitrogens is 1. The third-order valence-electron chi connectivity index (χ3n) is 4.19. The topological polar surface area (TPSA) is 89.5 Å². The summed E-state index contributed by atoms with van der Waals surface area (Å²) in [7, 11) is 0. The van der Waals surface area contributed by atoms with Crippen LogP contribution in [0, 0.1) is 5.82 Å². The number of hydrogen-bond acceptors (Lipinski definition) is 7.